The van der Waals surface area contributed by atoms with Crippen molar-refractivity contribution in [2.75, 3.05) is 5.32 Å². The summed E-state index contributed by atoms with van der Waals surface area (Å²) in [5, 5.41) is 2.63. The zero-order chi connectivity index (χ0) is 15.9. The smallest absolute Gasteiger partial charge is 0.326 e. The minimum Gasteiger partial charge on any atom is -0.326 e. The van der Waals surface area contributed by atoms with Crippen LogP contribution in [0.4, 0.5) is 18.9 Å². The zero-order valence-electron chi connectivity index (χ0n) is 11.2. The summed E-state index contributed by atoms with van der Waals surface area (Å²) in [5.74, 6) is -0.674. The summed E-state index contributed by atoms with van der Waals surface area (Å²) in [6.07, 6.45) is -4.33. The van der Waals surface area contributed by atoms with E-state index in [2.05, 4.69) is 5.32 Å². The quantitative estimate of drug-likeness (QED) is 0.864. The minimum absolute atomic E-state index is 0.0351. The normalized spacial score (nSPS) is 13.7. The molecule has 0 aromatic heterocycles. The maximum absolute atomic E-state index is 12.7. The lowest BCUT2D eigenvalue weighted by atomic mass is 9.99. The number of anilines is 1. The first-order chi connectivity index (χ1) is 10.3. The number of nitrogens with one attached hydrogen (secondary N) is 1. The van der Waals surface area contributed by atoms with Crippen molar-refractivity contribution in [1.29, 1.82) is 0 Å². The van der Waals surface area contributed by atoms with Gasteiger partial charge in [0.2, 0.25) is 5.91 Å². The second-order valence-electron chi connectivity index (χ2n) is 5.00. The SMILES string of the molecule is O=C1Cc2cc(C(=O)c3cccc(C(F)(F)F)c3)ccc2N1. The molecular weight excluding hydrogens is 295 g/mol. The summed E-state index contributed by atoms with van der Waals surface area (Å²) >= 11 is 0. The van der Waals surface area contributed by atoms with Gasteiger partial charge in [-0.15, -0.1) is 0 Å². The topological polar surface area (TPSA) is 46.2 Å². The van der Waals surface area contributed by atoms with Crippen LogP contribution in [0.15, 0.2) is 42.5 Å². The highest BCUT2D eigenvalue weighted by Gasteiger charge is 2.31. The van der Waals surface area contributed by atoms with Gasteiger partial charge < -0.3 is 5.32 Å². The molecule has 1 amide bonds. The lowest BCUT2D eigenvalue weighted by molar-refractivity contribution is -0.137. The van der Waals surface area contributed by atoms with Crippen LogP contribution in [0.3, 0.4) is 0 Å². The van der Waals surface area contributed by atoms with E-state index < -0.39 is 17.5 Å². The molecule has 1 heterocycles. The first-order valence-corrected chi connectivity index (χ1v) is 6.49. The number of alkyl halides is 3. The van der Waals surface area contributed by atoms with Crippen molar-refractivity contribution >= 4 is 17.4 Å². The Bertz CT molecular complexity index is 781. The molecule has 0 fully saturated rings. The highest BCUT2D eigenvalue weighted by Crippen LogP contribution is 2.30. The first-order valence-electron chi connectivity index (χ1n) is 6.49. The van der Waals surface area contributed by atoms with Gasteiger partial charge in [0.15, 0.2) is 5.78 Å². The molecule has 6 heteroatoms. The summed E-state index contributed by atoms with van der Waals surface area (Å²) in [6.45, 7) is 0. The molecule has 0 bridgehead atoms. The van der Waals surface area contributed by atoms with Crippen LogP contribution in [0.25, 0.3) is 0 Å². The van der Waals surface area contributed by atoms with E-state index in [-0.39, 0.29) is 23.5 Å². The summed E-state index contributed by atoms with van der Waals surface area (Å²) < 4.78 is 38.1. The predicted molar refractivity (Wildman–Crippen MR) is 73.7 cm³/mol. The molecule has 2 aromatic carbocycles. The molecule has 0 saturated carbocycles. The van der Waals surface area contributed by atoms with Crippen LogP contribution in [-0.4, -0.2) is 11.7 Å². The van der Waals surface area contributed by atoms with Gasteiger partial charge in [-0.3, -0.25) is 9.59 Å². The van der Waals surface area contributed by atoms with E-state index in [0.717, 1.165) is 12.1 Å². The van der Waals surface area contributed by atoms with E-state index in [1.165, 1.54) is 24.3 Å². The first kappa shape index (κ1) is 14.3. The standard InChI is InChI=1S/C16H10F3NO2/c17-16(18,19)12-3-1-2-9(7-12)15(22)10-4-5-13-11(6-10)8-14(21)20-13/h1-7H,8H2,(H,20,21). The molecule has 0 aliphatic carbocycles. The van der Waals surface area contributed by atoms with Gasteiger partial charge >= 0.3 is 6.18 Å². The Hall–Kier alpha value is -2.63. The van der Waals surface area contributed by atoms with Crippen molar-refractivity contribution in [3.63, 3.8) is 0 Å². The van der Waals surface area contributed by atoms with Crippen LogP contribution in [0.2, 0.25) is 0 Å². The lowest BCUT2D eigenvalue weighted by Gasteiger charge is -2.09. The third kappa shape index (κ3) is 2.59. The van der Waals surface area contributed by atoms with Gasteiger partial charge in [-0.2, -0.15) is 13.2 Å². The van der Waals surface area contributed by atoms with Gasteiger partial charge in [-0.25, -0.2) is 0 Å². The van der Waals surface area contributed by atoms with Gasteiger partial charge in [0.25, 0.3) is 0 Å². The minimum atomic E-state index is -4.50. The van der Waals surface area contributed by atoms with E-state index in [1.807, 2.05) is 0 Å². The number of hydrogen-bond acceptors (Lipinski definition) is 2. The summed E-state index contributed by atoms with van der Waals surface area (Å²) in [4.78, 5) is 23.6. The van der Waals surface area contributed by atoms with E-state index in [4.69, 9.17) is 0 Å². The number of carbonyl (C=O) groups is 2. The lowest BCUT2D eigenvalue weighted by Crippen LogP contribution is -2.08. The van der Waals surface area contributed by atoms with Crippen molar-refractivity contribution in [2.45, 2.75) is 12.6 Å². The monoisotopic (exact) mass is 305 g/mol. The average Bonchev–Trinajstić information content (AvgIpc) is 2.84. The van der Waals surface area contributed by atoms with Crippen molar-refractivity contribution in [3.8, 4) is 0 Å². The molecule has 0 saturated heterocycles. The Morgan fingerprint density at radius 3 is 2.50 bits per heavy atom. The number of fused-ring (bicyclic) bond motifs is 1. The van der Waals surface area contributed by atoms with Crippen LogP contribution in [-0.2, 0) is 17.4 Å². The molecule has 1 aliphatic rings. The van der Waals surface area contributed by atoms with Crippen molar-refractivity contribution in [2.24, 2.45) is 0 Å². The van der Waals surface area contributed by atoms with Gasteiger partial charge in [0.1, 0.15) is 0 Å². The van der Waals surface area contributed by atoms with Crippen LogP contribution in [0.1, 0.15) is 27.0 Å². The number of benzene rings is 2. The van der Waals surface area contributed by atoms with Crippen LogP contribution >= 0.6 is 0 Å². The Morgan fingerprint density at radius 2 is 1.77 bits per heavy atom. The number of halogens is 3. The van der Waals surface area contributed by atoms with Gasteiger partial charge in [0, 0.05) is 16.8 Å². The molecule has 0 unspecified atom stereocenters. The van der Waals surface area contributed by atoms with E-state index >= 15 is 0 Å². The molecule has 0 atom stereocenters. The van der Waals surface area contributed by atoms with Gasteiger partial charge in [0.05, 0.1) is 12.0 Å². The Morgan fingerprint density at radius 1 is 1.05 bits per heavy atom. The van der Waals surface area contributed by atoms with Crippen molar-refractivity contribution < 1.29 is 22.8 Å². The molecular formula is C16H10F3NO2. The third-order valence-electron chi connectivity index (χ3n) is 3.44. The van der Waals surface area contributed by atoms with Crippen LogP contribution in [0, 0.1) is 0 Å². The Labute approximate surface area is 123 Å². The van der Waals surface area contributed by atoms with Crippen molar-refractivity contribution in [3.05, 3.63) is 64.7 Å². The molecule has 2 aromatic rings. The molecule has 112 valence electrons. The number of carbonyl (C=O) groups excluding carboxylic acids is 2. The molecule has 22 heavy (non-hydrogen) atoms. The maximum atomic E-state index is 12.7. The molecule has 0 spiro atoms. The van der Waals surface area contributed by atoms with E-state index in [9.17, 15) is 22.8 Å². The van der Waals surface area contributed by atoms with Gasteiger partial charge in [-0.05, 0) is 35.9 Å². The fourth-order valence-corrected chi connectivity index (χ4v) is 2.37. The summed E-state index contributed by atoms with van der Waals surface area (Å²) in [7, 11) is 0. The number of amides is 1. The molecule has 1 aliphatic heterocycles. The maximum Gasteiger partial charge on any atom is 0.416 e. The van der Waals surface area contributed by atoms with Gasteiger partial charge in [-0.1, -0.05) is 12.1 Å². The van der Waals surface area contributed by atoms with Crippen LogP contribution < -0.4 is 5.32 Å². The average molecular weight is 305 g/mol. The van der Waals surface area contributed by atoms with E-state index in [0.29, 0.717) is 11.3 Å². The number of hydrogen-bond donors (Lipinski definition) is 1. The largest absolute Gasteiger partial charge is 0.416 e. The number of ketones is 1. The Kier molecular flexibility index (Phi) is 3.24. The number of rotatable bonds is 2. The zero-order valence-corrected chi connectivity index (χ0v) is 11.2. The predicted octanol–water partition coefficient (Wildman–Crippen LogP) is 3.43. The van der Waals surface area contributed by atoms with E-state index in [1.54, 1.807) is 6.07 Å². The molecule has 0 radical (unpaired) electrons. The molecule has 1 N–H and O–H groups in total. The summed E-state index contributed by atoms with van der Waals surface area (Å²) in [6, 6.07) is 8.91. The summed E-state index contributed by atoms with van der Waals surface area (Å²) in [5.41, 5.74) is 0.659. The fourth-order valence-electron chi connectivity index (χ4n) is 2.37. The highest BCUT2D eigenvalue weighted by molar-refractivity contribution is 6.10. The molecule has 3 rings (SSSR count). The second kappa shape index (κ2) is 4.98. The fraction of sp³-hybridized carbons (Fsp3) is 0.125. The molecule has 3 nitrogen and oxygen atoms in total. The second-order valence-corrected chi connectivity index (χ2v) is 5.00. The van der Waals surface area contributed by atoms with Crippen molar-refractivity contribution in [1.82, 2.24) is 0 Å². The van der Waals surface area contributed by atoms with Crippen LogP contribution in [0.5, 0.6) is 0 Å². The Balaban J connectivity index is 1.95. The highest BCUT2D eigenvalue weighted by atomic mass is 19.4. The third-order valence-corrected chi connectivity index (χ3v) is 3.44.